The third kappa shape index (κ3) is 8.47. The molecule has 2 aliphatic rings. The lowest BCUT2D eigenvalue weighted by Gasteiger charge is -2.31. The Bertz CT molecular complexity index is 1150. The number of carboxylic acid groups (broad SMARTS) is 1. The van der Waals surface area contributed by atoms with Crippen molar-refractivity contribution in [1.82, 2.24) is 5.32 Å². The lowest BCUT2D eigenvalue weighted by molar-refractivity contribution is -0.152. The molecule has 2 aliphatic carbocycles. The Kier molecular flexibility index (Phi) is 10.2. The fourth-order valence-corrected chi connectivity index (χ4v) is 5.06. The normalized spacial score (nSPS) is 15.6. The highest BCUT2D eigenvalue weighted by Gasteiger charge is 2.34. The largest absolute Gasteiger partial charge is 0.488 e. The Morgan fingerprint density at radius 3 is 2.45 bits per heavy atom. The maximum Gasteiger partial charge on any atom is 0.309 e. The first-order valence-electron chi connectivity index (χ1n) is 13.1. The summed E-state index contributed by atoms with van der Waals surface area (Å²) in [6.45, 7) is 4.89. The monoisotopic (exact) mass is 540 g/mol. The van der Waals surface area contributed by atoms with Crippen LogP contribution in [0.2, 0.25) is 0 Å². The van der Waals surface area contributed by atoms with Gasteiger partial charge in [-0.15, -0.1) is 12.4 Å². The van der Waals surface area contributed by atoms with Crippen LogP contribution in [0.4, 0.5) is 0 Å². The van der Waals surface area contributed by atoms with E-state index in [1.165, 1.54) is 11.1 Å². The minimum Gasteiger partial charge on any atom is -0.488 e. The summed E-state index contributed by atoms with van der Waals surface area (Å²) in [4.78, 5) is 23.4. The van der Waals surface area contributed by atoms with Crippen molar-refractivity contribution in [1.29, 1.82) is 5.26 Å². The number of hydrogen-bond donors (Lipinski definition) is 2. The van der Waals surface area contributed by atoms with Crippen LogP contribution in [-0.4, -0.2) is 41.8 Å². The molecule has 0 bridgehead atoms. The number of nitrogens with one attached hydrogen (secondary N) is 1. The highest BCUT2D eigenvalue weighted by Crippen LogP contribution is 2.33. The number of nitriles is 1. The van der Waals surface area contributed by atoms with E-state index in [2.05, 4.69) is 49.5 Å². The highest BCUT2D eigenvalue weighted by atomic mass is 35.5. The number of carbonyl (C=O) groups is 2. The van der Waals surface area contributed by atoms with Crippen LogP contribution < -0.4 is 10.1 Å². The number of aryl methyl sites for hydroxylation is 1. The molecule has 0 radical (unpaired) electrons. The SMILES string of the molecule is CC(C)(CC1Cc2ccccc2C1)NC[C@@H](COc1cc(CCC(=O)O)ccc1C#N)OC(=O)C1CC1.Cl. The Morgan fingerprint density at radius 2 is 1.84 bits per heavy atom. The molecular formula is C30H37ClN2O5. The number of fused-ring (bicyclic) bond motifs is 1. The number of benzene rings is 2. The van der Waals surface area contributed by atoms with Crippen LogP contribution in [0.15, 0.2) is 42.5 Å². The summed E-state index contributed by atoms with van der Waals surface area (Å²) >= 11 is 0. The summed E-state index contributed by atoms with van der Waals surface area (Å²) in [5.41, 5.74) is 3.85. The molecule has 4 rings (SSSR count). The van der Waals surface area contributed by atoms with Crippen molar-refractivity contribution in [3.8, 4) is 11.8 Å². The molecule has 0 aromatic heterocycles. The number of carbonyl (C=O) groups excluding carboxylic acids is 1. The third-order valence-electron chi connectivity index (χ3n) is 7.16. The fraction of sp³-hybridized carbons (Fsp3) is 0.500. The van der Waals surface area contributed by atoms with Gasteiger partial charge in [0.05, 0.1) is 11.5 Å². The number of carboxylic acids is 1. The first kappa shape index (κ1) is 29.5. The van der Waals surface area contributed by atoms with Crippen LogP contribution in [0.5, 0.6) is 5.75 Å². The van der Waals surface area contributed by atoms with Crippen molar-refractivity contribution in [3.63, 3.8) is 0 Å². The first-order chi connectivity index (χ1) is 17.7. The van der Waals surface area contributed by atoms with E-state index in [4.69, 9.17) is 14.6 Å². The number of esters is 1. The van der Waals surface area contributed by atoms with Gasteiger partial charge in [-0.25, -0.2) is 0 Å². The van der Waals surface area contributed by atoms with Gasteiger partial charge in [0.2, 0.25) is 0 Å². The molecule has 8 heteroatoms. The van der Waals surface area contributed by atoms with Crippen molar-refractivity contribution in [3.05, 3.63) is 64.7 Å². The van der Waals surface area contributed by atoms with E-state index in [1.54, 1.807) is 18.2 Å². The van der Waals surface area contributed by atoms with E-state index < -0.39 is 12.1 Å². The van der Waals surface area contributed by atoms with Gasteiger partial charge >= 0.3 is 11.9 Å². The fourth-order valence-electron chi connectivity index (χ4n) is 5.06. The van der Waals surface area contributed by atoms with Gasteiger partial charge in [0.1, 0.15) is 24.5 Å². The smallest absolute Gasteiger partial charge is 0.309 e. The van der Waals surface area contributed by atoms with Gasteiger partial charge in [-0.05, 0) is 87.1 Å². The lowest BCUT2D eigenvalue weighted by atomic mass is 9.88. The van der Waals surface area contributed by atoms with Gasteiger partial charge in [0.15, 0.2) is 0 Å². The number of nitrogens with zero attached hydrogens (tertiary/aromatic N) is 1. The molecule has 1 fully saturated rings. The molecule has 0 aliphatic heterocycles. The van der Waals surface area contributed by atoms with Crippen molar-refractivity contribution in [2.24, 2.45) is 11.8 Å². The Morgan fingerprint density at radius 1 is 1.16 bits per heavy atom. The van der Waals surface area contributed by atoms with E-state index in [9.17, 15) is 14.9 Å². The molecule has 2 N–H and O–H groups in total. The Hall–Kier alpha value is -3.08. The van der Waals surface area contributed by atoms with Gasteiger partial charge < -0.3 is 19.9 Å². The standard InChI is InChI=1S/C30H36N2O5.ClH/c1-30(2,16-21-13-23-5-3-4-6-24(23)14-21)32-18-26(37-29(35)22-10-11-22)19-36-27-15-20(8-12-28(33)34)7-9-25(27)17-31;/h3-7,9,15,21-22,26,32H,8,10-14,16,18-19H2,1-2H3,(H,33,34);1H/t26-;/m0./s1. The van der Waals surface area contributed by atoms with E-state index >= 15 is 0 Å². The quantitative estimate of drug-likeness (QED) is 0.349. The Balaban J connectivity index is 0.00000400. The lowest BCUT2D eigenvalue weighted by Crippen LogP contribution is -2.47. The zero-order valence-electron chi connectivity index (χ0n) is 22.1. The molecule has 204 valence electrons. The Labute approximate surface area is 230 Å². The maximum absolute atomic E-state index is 12.5. The van der Waals surface area contributed by atoms with Crippen molar-refractivity contribution in [2.75, 3.05) is 13.2 Å². The minimum absolute atomic E-state index is 0. The molecule has 1 atom stereocenters. The van der Waals surface area contributed by atoms with Gasteiger partial charge in [-0.1, -0.05) is 30.3 Å². The summed E-state index contributed by atoms with van der Waals surface area (Å²) in [5.74, 6) is -0.165. The van der Waals surface area contributed by atoms with Crippen molar-refractivity contribution >= 4 is 24.3 Å². The molecule has 7 nitrogen and oxygen atoms in total. The molecule has 0 spiro atoms. The molecule has 0 unspecified atom stereocenters. The number of aliphatic carboxylic acids is 1. The van der Waals surface area contributed by atoms with Crippen LogP contribution in [0.3, 0.4) is 0 Å². The van der Waals surface area contributed by atoms with Gasteiger partial charge in [-0.3, -0.25) is 9.59 Å². The molecular weight excluding hydrogens is 504 g/mol. The predicted octanol–water partition coefficient (Wildman–Crippen LogP) is 4.87. The number of hydrogen-bond acceptors (Lipinski definition) is 6. The summed E-state index contributed by atoms with van der Waals surface area (Å²) in [6.07, 6.45) is 4.71. The molecule has 2 aromatic carbocycles. The second-order valence-electron chi connectivity index (χ2n) is 11.0. The number of halogens is 1. The molecule has 38 heavy (non-hydrogen) atoms. The van der Waals surface area contributed by atoms with Gasteiger partial charge in [-0.2, -0.15) is 5.26 Å². The maximum atomic E-state index is 12.5. The highest BCUT2D eigenvalue weighted by molar-refractivity contribution is 5.85. The van der Waals surface area contributed by atoms with E-state index in [-0.39, 0.29) is 42.9 Å². The first-order valence-corrected chi connectivity index (χ1v) is 13.1. The minimum atomic E-state index is -0.881. The third-order valence-corrected chi connectivity index (χ3v) is 7.16. The van der Waals surface area contributed by atoms with E-state index in [0.29, 0.717) is 30.2 Å². The second-order valence-corrected chi connectivity index (χ2v) is 11.0. The zero-order valence-corrected chi connectivity index (χ0v) is 22.9. The van der Waals surface area contributed by atoms with Crippen molar-refractivity contribution < 1.29 is 24.2 Å². The van der Waals surface area contributed by atoms with Gasteiger partial charge in [0, 0.05) is 18.5 Å². The average molecular weight is 541 g/mol. The zero-order chi connectivity index (χ0) is 26.4. The summed E-state index contributed by atoms with van der Waals surface area (Å²) in [6, 6.07) is 15.8. The topological polar surface area (TPSA) is 109 Å². The van der Waals surface area contributed by atoms with Crippen LogP contribution >= 0.6 is 12.4 Å². The summed E-state index contributed by atoms with van der Waals surface area (Å²) < 4.78 is 11.8. The second kappa shape index (κ2) is 13.1. The molecule has 0 heterocycles. The number of ether oxygens (including phenoxy) is 2. The molecule has 0 saturated heterocycles. The van der Waals surface area contributed by atoms with Crippen LogP contribution in [0, 0.1) is 23.2 Å². The van der Waals surface area contributed by atoms with E-state index in [1.807, 2.05) is 0 Å². The van der Waals surface area contributed by atoms with E-state index in [0.717, 1.165) is 37.7 Å². The van der Waals surface area contributed by atoms with Crippen LogP contribution in [-0.2, 0) is 33.6 Å². The van der Waals surface area contributed by atoms with Gasteiger partial charge in [0.25, 0.3) is 0 Å². The molecule has 0 amide bonds. The van der Waals surface area contributed by atoms with Crippen LogP contribution in [0.1, 0.15) is 61.8 Å². The van der Waals surface area contributed by atoms with Crippen molar-refractivity contribution in [2.45, 2.75) is 70.4 Å². The molecule has 2 aromatic rings. The summed E-state index contributed by atoms with van der Waals surface area (Å²) in [7, 11) is 0. The molecule has 1 saturated carbocycles. The predicted molar refractivity (Wildman–Crippen MR) is 146 cm³/mol. The number of rotatable bonds is 13. The summed E-state index contributed by atoms with van der Waals surface area (Å²) in [5, 5.41) is 22.1. The van der Waals surface area contributed by atoms with Crippen LogP contribution in [0.25, 0.3) is 0 Å². The average Bonchev–Trinajstić information content (AvgIpc) is 3.64.